The minimum absolute atomic E-state index is 0.328. The normalized spacial score (nSPS) is 25.6. The molecule has 0 aromatic heterocycles. The molecule has 2 rings (SSSR count). The second-order valence-electron chi connectivity index (χ2n) is 6.96. The van der Waals surface area contributed by atoms with Crippen molar-refractivity contribution in [2.24, 2.45) is 11.7 Å². The smallest absolute Gasteiger partial charge is 0.171 e. The third kappa shape index (κ3) is 4.67. The maximum atomic E-state index is 12.5. The van der Waals surface area contributed by atoms with Gasteiger partial charge in [0.2, 0.25) is 0 Å². The molecule has 0 aliphatic heterocycles. The average Bonchev–Trinajstić information content (AvgIpc) is 2.53. The molecule has 0 saturated heterocycles. The Hall–Kier alpha value is -0.130. The molecule has 2 atom stereocenters. The molecule has 21 heavy (non-hydrogen) atoms. The quantitative estimate of drug-likeness (QED) is 0.789. The Morgan fingerprint density at radius 3 is 2.05 bits per heavy atom. The second-order valence-corrected chi connectivity index (χ2v) is 9.35. The Labute approximate surface area is 129 Å². The first-order valence-corrected chi connectivity index (χ1v) is 10.3. The Morgan fingerprint density at radius 1 is 0.952 bits per heavy atom. The molecule has 2 saturated carbocycles. The molecule has 124 valence electrons. The van der Waals surface area contributed by atoms with E-state index in [9.17, 15) is 13.5 Å². The predicted molar refractivity (Wildman–Crippen MR) is 85.6 cm³/mol. The number of hydrogen-bond acceptors (Lipinski definition) is 4. The Morgan fingerprint density at radius 2 is 1.48 bits per heavy atom. The lowest BCUT2D eigenvalue weighted by molar-refractivity contribution is 0.144. The molecule has 0 amide bonds. The number of nitrogens with two attached hydrogens (primary N) is 1. The van der Waals surface area contributed by atoms with Gasteiger partial charge in [0.25, 0.3) is 0 Å². The third-order valence-corrected chi connectivity index (χ3v) is 7.84. The summed E-state index contributed by atoms with van der Waals surface area (Å²) < 4.78 is 25.0. The molecule has 0 bridgehead atoms. The van der Waals surface area contributed by atoms with E-state index in [1.165, 1.54) is 32.1 Å². The van der Waals surface area contributed by atoms with Crippen LogP contribution in [0.5, 0.6) is 0 Å². The van der Waals surface area contributed by atoms with Gasteiger partial charge < -0.3 is 10.8 Å². The molecule has 4 nitrogen and oxygen atoms in total. The molecule has 2 aliphatic carbocycles. The van der Waals surface area contributed by atoms with Crippen LogP contribution in [0.2, 0.25) is 0 Å². The molecule has 0 aromatic rings. The number of sulfone groups is 1. The lowest BCUT2D eigenvalue weighted by atomic mass is 9.85. The fraction of sp³-hybridized carbons (Fsp3) is 1.00. The van der Waals surface area contributed by atoms with Gasteiger partial charge in [-0.1, -0.05) is 51.4 Å². The van der Waals surface area contributed by atoms with E-state index in [2.05, 4.69) is 0 Å². The monoisotopic (exact) mass is 317 g/mol. The number of aliphatic hydroxyl groups excluding tert-OH is 1. The van der Waals surface area contributed by atoms with E-state index in [-0.39, 0.29) is 5.25 Å². The first-order chi connectivity index (χ1) is 10.0. The van der Waals surface area contributed by atoms with Gasteiger partial charge in [-0.2, -0.15) is 0 Å². The second kappa shape index (κ2) is 7.93. The van der Waals surface area contributed by atoms with Crippen LogP contribution in [0.25, 0.3) is 0 Å². The summed E-state index contributed by atoms with van der Waals surface area (Å²) in [6.45, 7) is 0. The van der Waals surface area contributed by atoms with Crippen LogP contribution in [-0.2, 0) is 9.84 Å². The topological polar surface area (TPSA) is 80.4 Å². The van der Waals surface area contributed by atoms with Gasteiger partial charge in [0.1, 0.15) is 5.37 Å². The highest BCUT2D eigenvalue weighted by atomic mass is 32.2. The summed E-state index contributed by atoms with van der Waals surface area (Å²) in [4.78, 5) is 0. The van der Waals surface area contributed by atoms with E-state index in [1.807, 2.05) is 0 Å². The van der Waals surface area contributed by atoms with Crippen molar-refractivity contribution in [2.45, 2.75) is 93.8 Å². The van der Waals surface area contributed by atoms with Crippen LogP contribution in [-0.4, -0.2) is 30.3 Å². The molecule has 2 unspecified atom stereocenters. The summed E-state index contributed by atoms with van der Waals surface area (Å²) in [5, 5.41) is 8.79. The molecular formula is C16H31NO3S. The highest BCUT2D eigenvalue weighted by molar-refractivity contribution is 7.92. The van der Waals surface area contributed by atoms with Crippen LogP contribution in [0.15, 0.2) is 0 Å². The van der Waals surface area contributed by atoms with E-state index >= 15 is 0 Å². The van der Waals surface area contributed by atoms with Crippen molar-refractivity contribution in [1.82, 2.24) is 0 Å². The van der Waals surface area contributed by atoms with Gasteiger partial charge in [-0.05, 0) is 31.6 Å². The van der Waals surface area contributed by atoms with Crippen LogP contribution in [0.1, 0.15) is 77.0 Å². The van der Waals surface area contributed by atoms with Gasteiger partial charge in [0, 0.05) is 0 Å². The Bertz CT molecular complexity index is 398. The van der Waals surface area contributed by atoms with Crippen LogP contribution < -0.4 is 5.73 Å². The van der Waals surface area contributed by atoms with E-state index in [1.54, 1.807) is 0 Å². The molecule has 0 aromatic carbocycles. The van der Waals surface area contributed by atoms with Gasteiger partial charge in [0.05, 0.1) is 11.4 Å². The molecule has 2 aliphatic rings. The lowest BCUT2D eigenvalue weighted by Gasteiger charge is -2.28. The van der Waals surface area contributed by atoms with E-state index in [0.29, 0.717) is 25.2 Å². The minimum atomic E-state index is -3.39. The molecule has 0 heterocycles. The van der Waals surface area contributed by atoms with Gasteiger partial charge in [0.15, 0.2) is 9.84 Å². The Kier molecular flexibility index (Phi) is 6.51. The number of aliphatic hydroxyl groups is 1. The van der Waals surface area contributed by atoms with Crippen LogP contribution in [0.3, 0.4) is 0 Å². The first kappa shape index (κ1) is 17.2. The lowest BCUT2D eigenvalue weighted by Crippen LogP contribution is -2.47. The van der Waals surface area contributed by atoms with Crippen LogP contribution in [0, 0.1) is 5.92 Å². The molecule has 0 spiro atoms. The van der Waals surface area contributed by atoms with Gasteiger partial charge >= 0.3 is 0 Å². The zero-order chi connectivity index (χ0) is 15.3. The average molecular weight is 317 g/mol. The summed E-state index contributed by atoms with van der Waals surface area (Å²) in [5.41, 5.74) is 5.90. The van der Waals surface area contributed by atoms with Crippen LogP contribution >= 0.6 is 0 Å². The van der Waals surface area contributed by atoms with Crippen molar-refractivity contribution in [3.63, 3.8) is 0 Å². The zero-order valence-corrected chi connectivity index (χ0v) is 13.9. The fourth-order valence-corrected chi connectivity index (χ4v) is 5.89. The maximum Gasteiger partial charge on any atom is 0.171 e. The largest absolute Gasteiger partial charge is 0.390 e. The maximum absolute atomic E-state index is 12.5. The number of rotatable bonds is 6. The van der Waals surface area contributed by atoms with E-state index in [4.69, 9.17) is 5.73 Å². The molecule has 5 heteroatoms. The molecular weight excluding hydrogens is 286 g/mol. The Balaban J connectivity index is 1.83. The predicted octanol–water partition coefficient (Wildman–Crippen LogP) is 2.74. The molecule has 2 fully saturated rings. The van der Waals surface area contributed by atoms with Gasteiger partial charge in [-0.15, -0.1) is 0 Å². The summed E-state index contributed by atoms with van der Waals surface area (Å²) in [7, 11) is -3.39. The third-order valence-electron chi connectivity index (χ3n) is 5.37. The number of hydrogen-bond donors (Lipinski definition) is 2. The summed E-state index contributed by atoms with van der Waals surface area (Å²) in [5.74, 6) is 0.651. The summed E-state index contributed by atoms with van der Waals surface area (Å²) >= 11 is 0. The minimum Gasteiger partial charge on any atom is -0.390 e. The van der Waals surface area contributed by atoms with Crippen molar-refractivity contribution < 1.29 is 13.5 Å². The van der Waals surface area contributed by atoms with Crippen molar-refractivity contribution in [2.75, 3.05) is 0 Å². The van der Waals surface area contributed by atoms with Gasteiger partial charge in [-0.25, -0.2) is 8.42 Å². The fourth-order valence-electron chi connectivity index (χ4n) is 3.88. The zero-order valence-electron chi connectivity index (χ0n) is 13.0. The van der Waals surface area contributed by atoms with Gasteiger partial charge in [-0.3, -0.25) is 0 Å². The highest BCUT2D eigenvalue weighted by Crippen LogP contribution is 2.30. The van der Waals surface area contributed by atoms with Crippen molar-refractivity contribution in [3.05, 3.63) is 0 Å². The SMILES string of the molecule is NC(C(O)CCC1CCCCC1)S(=O)(=O)C1CCCCC1. The molecule has 0 radical (unpaired) electrons. The summed E-state index contributed by atoms with van der Waals surface area (Å²) in [6.07, 6.45) is 11.3. The van der Waals surface area contributed by atoms with Crippen molar-refractivity contribution >= 4 is 9.84 Å². The van der Waals surface area contributed by atoms with Crippen molar-refractivity contribution in [1.29, 1.82) is 0 Å². The van der Waals surface area contributed by atoms with E-state index < -0.39 is 21.3 Å². The molecule has 3 N–H and O–H groups in total. The first-order valence-electron chi connectivity index (χ1n) is 8.68. The van der Waals surface area contributed by atoms with E-state index in [0.717, 1.165) is 25.7 Å². The standard InChI is InChI=1S/C16H31NO3S/c17-16(21(19,20)14-9-5-2-6-10-14)15(18)12-11-13-7-3-1-4-8-13/h13-16,18H,1-12,17H2. The van der Waals surface area contributed by atoms with Crippen LogP contribution in [0.4, 0.5) is 0 Å². The highest BCUT2D eigenvalue weighted by Gasteiger charge is 2.36. The van der Waals surface area contributed by atoms with Crippen molar-refractivity contribution in [3.8, 4) is 0 Å². The summed E-state index contributed by atoms with van der Waals surface area (Å²) in [6, 6.07) is 0.